The molecule has 2 aliphatic carbocycles. The van der Waals surface area contributed by atoms with E-state index in [0.29, 0.717) is 40.7 Å². The Hall–Kier alpha value is -1.07. The Kier molecular flexibility index (Phi) is 10.4. The molecule has 2 saturated carbocycles. The average Bonchev–Trinajstić information content (AvgIpc) is 2.82. The van der Waals surface area contributed by atoms with Crippen LogP contribution in [0.5, 0.6) is 11.5 Å². The molecule has 1 N–H and O–H groups in total. The Labute approximate surface area is 219 Å². The highest BCUT2D eigenvalue weighted by molar-refractivity contribution is 7.54. The molecule has 2 fully saturated rings. The van der Waals surface area contributed by atoms with E-state index in [9.17, 15) is 9.67 Å². The van der Waals surface area contributed by atoms with E-state index in [0.717, 1.165) is 38.5 Å². The number of ether oxygens (including phenoxy) is 2. The number of hydrogen-bond acceptors (Lipinski definition) is 6. The summed E-state index contributed by atoms with van der Waals surface area (Å²) in [6, 6.07) is 5.12. The maximum absolute atomic E-state index is 14.8. The molecule has 0 heterocycles. The van der Waals surface area contributed by atoms with Crippen molar-refractivity contribution in [1.82, 2.24) is 0 Å². The Morgan fingerprint density at radius 3 is 1.69 bits per heavy atom. The first kappa shape index (κ1) is 29.5. The van der Waals surface area contributed by atoms with Gasteiger partial charge in [-0.1, -0.05) is 60.5 Å². The summed E-state index contributed by atoms with van der Waals surface area (Å²) in [7, 11) is -0.854. The monoisotopic (exact) mass is 524 g/mol. The Morgan fingerprint density at radius 2 is 1.28 bits per heavy atom. The molecule has 0 aromatic heterocycles. The zero-order valence-corrected chi connectivity index (χ0v) is 24.5. The number of methoxy groups -OCH3 is 2. The van der Waals surface area contributed by atoms with Crippen LogP contribution in [0.2, 0.25) is 0 Å². The van der Waals surface area contributed by atoms with Gasteiger partial charge in [0.25, 0.3) is 0 Å². The van der Waals surface area contributed by atoms with Crippen molar-refractivity contribution in [2.24, 2.45) is 35.5 Å². The molecule has 0 aliphatic heterocycles. The molecule has 36 heavy (non-hydrogen) atoms. The first-order valence-corrected chi connectivity index (χ1v) is 15.5. The van der Waals surface area contributed by atoms with Crippen molar-refractivity contribution in [2.75, 3.05) is 14.2 Å². The largest absolute Gasteiger partial charge is 0.493 e. The van der Waals surface area contributed by atoms with Crippen LogP contribution in [0.25, 0.3) is 0 Å². The summed E-state index contributed by atoms with van der Waals surface area (Å²) in [5.74, 6) is 1.92. The molecular weight excluding hydrogens is 475 g/mol. The molecule has 206 valence electrons. The van der Waals surface area contributed by atoms with E-state index in [-0.39, 0.29) is 24.0 Å². The molecule has 2 aliphatic rings. The molecule has 0 bridgehead atoms. The lowest BCUT2D eigenvalue weighted by atomic mass is 9.75. The van der Waals surface area contributed by atoms with E-state index >= 15 is 0 Å². The van der Waals surface area contributed by atoms with Gasteiger partial charge in [-0.15, -0.1) is 0 Å². The summed E-state index contributed by atoms with van der Waals surface area (Å²) >= 11 is 0. The standard InChI is InChI=1S/C29H49O6P/c1-18(2)23-12-9-20(5)15-26(23)34-36(31,35-27-16-21(6)10-13-24(27)19(3)4)29(30)22-11-14-25(32-7)28(17-22)33-8/h11,14,17-21,23-24,26-27,29-30H,9-10,12-13,15-16H2,1-8H3/t20-,21-,23+,24+,26-,27+,29-,36?/m0/s1. The third kappa shape index (κ3) is 6.87. The molecule has 1 aromatic rings. The maximum atomic E-state index is 14.8. The van der Waals surface area contributed by atoms with Crippen molar-refractivity contribution >= 4 is 7.60 Å². The fraction of sp³-hybridized carbons (Fsp3) is 0.793. The van der Waals surface area contributed by atoms with E-state index in [2.05, 4.69) is 41.5 Å². The summed E-state index contributed by atoms with van der Waals surface area (Å²) < 4.78 is 38.7. The number of aliphatic hydroxyl groups excluding tert-OH is 1. The van der Waals surface area contributed by atoms with E-state index in [4.69, 9.17) is 18.5 Å². The molecule has 1 aromatic carbocycles. The predicted octanol–water partition coefficient (Wildman–Crippen LogP) is 7.84. The van der Waals surface area contributed by atoms with Crippen molar-refractivity contribution in [3.63, 3.8) is 0 Å². The van der Waals surface area contributed by atoms with Crippen LogP contribution in [-0.2, 0) is 13.6 Å². The minimum atomic E-state index is -3.97. The van der Waals surface area contributed by atoms with Crippen molar-refractivity contribution in [3.8, 4) is 11.5 Å². The van der Waals surface area contributed by atoms with Gasteiger partial charge >= 0.3 is 7.60 Å². The topological polar surface area (TPSA) is 74.2 Å². The van der Waals surface area contributed by atoms with Crippen molar-refractivity contribution in [2.45, 2.75) is 98.1 Å². The van der Waals surface area contributed by atoms with Gasteiger partial charge in [0.1, 0.15) is 0 Å². The maximum Gasteiger partial charge on any atom is 0.363 e. The lowest BCUT2D eigenvalue weighted by molar-refractivity contribution is -0.0154. The third-order valence-electron chi connectivity index (χ3n) is 8.49. The second kappa shape index (κ2) is 12.7. The summed E-state index contributed by atoms with van der Waals surface area (Å²) in [6.07, 6.45) is 5.56. The smallest absolute Gasteiger partial charge is 0.363 e. The van der Waals surface area contributed by atoms with Gasteiger partial charge in [0.05, 0.1) is 26.4 Å². The molecule has 3 rings (SSSR count). The molecular formula is C29H49O6P. The van der Waals surface area contributed by atoms with Crippen LogP contribution in [0.1, 0.15) is 91.5 Å². The average molecular weight is 525 g/mol. The molecule has 0 radical (unpaired) electrons. The fourth-order valence-electron chi connectivity index (χ4n) is 6.19. The predicted molar refractivity (Wildman–Crippen MR) is 145 cm³/mol. The first-order valence-electron chi connectivity index (χ1n) is 13.9. The van der Waals surface area contributed by atoms with Gasteiger partial charge in [0.15, 0.2) is 17.3 Å². The molecule has 0 amide bonds. The van der Waals surface area contributed by atoms with Gasteiger partial charge in [-0.25, -0.2) is 0 Å². The zero-order chi connectivity index (χ0) is 26.6. The highest BCUT2D eigenvalue weighted by Gasteiger charge is 2.46. The lowest BCUT2D eigenvalue weighted by Gasteiger charge is -2.42. The summed E-state index contributed by atoms with van der Waals surface area (Å²) in [5, 5.41) is 11.7. The van der Waals surface area contributed by atoms with E-state index in [1.807, 2.05) is 0 Å². The minimum Gasteiger partial charge on any atom is -0.493 e. The number of aliphatic hydroxyl groups is 1. The van der Waals surface area contributed by atoms with Gasteiger partial charge in [-0.05, 0) is 78.9 Å². The summed E-state index contributed by atoms with van der Waals surface area (Å²) in [5.41, 5.74) is 0.450. The van der Waals surface area contributed by atoms with Crippen LogP contribution in [0.3, 0.4) is 0 Å². The molecule has 0 spiro atoms. The van der Waals surface area contributed by atoms with Gasteiger partial charge in [-0.2, -0.15) is 0 Å². The van der Waals surface area contributed by atoms with Gasteiger partial charge in [0, 0.05) is 0 Å². The summed E-state index contributed by atoms with van der Waals surface area (Å²) in [4.78, 5) is 0. The zero-order valence-electron chi connectivity index (χ0n) is 23.6. The fourth-order valence-corrected chi connectivity index (χ4v) is 8.23. The second-order valence-electron chi connectivity index (χ2n) is 12.0. The van der Waals surface area contributed by atoms with Crippen molar-refractivity contribution in [3.05, 3.63) is 23.8 Å². The van der Waals surface area contributed by atoms with Crippen LogP contribution in [0, 0.1) is 35.5 Å². The molecule has 0 saturated heterocycles. The summed E-state index contributed by atoms with van der Waals surface area (Å²) in [6.45, 7) is 13.2. The normalized spacial score (nSPS) is 31.8. The number of hydrogen-bond donors (Lipinski definition) is 1. The van der Waals surface area contributed by atoms with Crippen LogP contribution in [0.15, 0.2) is 18.2 Å². The van der Waals surface area contributed by atoms with Crippen molar-refractivity contribution in [1.29, 1.82) is 0 Å². The van der Waals surface area contributed by atoms with E-state index < -0.39 is 13.4 Å². The molecule has 8 atom stereocenters. The number of rotatable bonds is 10. The van der Waals surface area contributed by atoms with E-state index in [1.54, 1.807) is 32.4 Å². The highest BCUT2D eigenvalue weighted by Crippen LogP contribution is 2.64. The Balaban J connectivity index is 2.00. The second-order valence-corrected chi connectivity index (χ2v) is 14.0. The van der Waals surface area contributed by atoms with Crippen molar-refractivity contribution < 1.29 is 28.2 Å². The van der Waals surface area contributed by atoms with Crippen LogP contribution in [0.4, 0.5) is 0 Å². The lowest BCUT2D eigenvalue weighted by Crippen LogP contribution is -2.37. The van der Waals surface area contributed by atoms with Gasteiger partial charge < -0.3 is 23.6 Å². The quantitative estimate of drug-likeness (QED) is 0.314. The Morgan fingerprint density at radius 1 is 0.806 bits per heavy atom. The van der Waals surface area contributed by atoms with Gasteiger partial charge in [0.2, 0.25) is 0 Å². The highest BCUT2D eigenvalue weighted by atomic mass is 31.2. The molecule has 6 nitrogen and oxygen atoms in total. The SMILES string of the molecule is COc1ccc([C@@H](O)P(=O)(O[C@H]2C[C@@H](C)CC[C@@H]2C(C)C)O[C@@H]2C[C@@H](C)CC[C@@H]2C(C)C)cc1OC. The molecule has 1 unspecified atom stereocenters. The van der Waals surface area contributed by atoms with Gasteiger partial charge in [-0.3, -0.25) is 4.57 Å². The Bertz CT molecular complexity index is 849. The third-order valence-corrected chi connectivity index (χ3v) is 10.5. The first-order chi connectivity index (χ1) is 17.0. The van der Waals surface area contributed by atoms with Crippen LogP contribution >= 0.6 is 7.60 Å². The van der Waals surface area contributed by atoms with E-state index in [1.165, 1.54) is 0 Å². The van der Waals surface area contributed by atoms with Crippen LogP contribution < -0.4 is 9.47 Å². The van der Waals surface area contributed by atoms with Crippen LogP contribution in [-0.4, -0.2) is 31.5 Å². The number of benzene rings is 1. The molecule has 7 heteroatoms. The minimum absolute atomic E-state index is 0.215.